The number of methoxy groups -OCH3 is 1. The summed E-state index contributed by atoms with van der Waals surface area (Å²) in [4.78, 5) is 24.3. The maximum absolute atomic E-state index is 13.4. The molecule has 0 aliphatic carbocycles. The van der Waals surface area contributed by atoms with E-state index >= 15 is 0 Å². The number of allylic oxidation sites excluding steroid dienone is 2. The average Bonchev–Trinajstić information content (AvgIpc) is 2.59. The van der Waals surface area contributed by atoms with Gasteiger partial charge in [-0.1, -0.05) is 18.2 Å². The van der Waals surface area contributed by atoms with Crippen molar-refractivity contribution in [1.29, 1.82) is 0 Å². The maximum atomic E-state index is 13.4. The number of phenols is 1. The van der Waals surface area contributed by atoms with Crippen molar-refractivity contribution in [3.63, 3.8) is 0 Å². The second-order valence-corrected chi connectivity index (χ2v) is 6.41. The first-order valence-corrected chi connectivity index (χ1v) is 8.69. The fourth-order valence-electron chi connectivity index (χ4n) is 2.83. The van der Waals surface area contributed by atoms with Crippen LogP contribution in [0.3, 0.4) is 0 Å². The van der Waals surface area contributed by atoms with Crippen molar-refractivity contribution in [2.24, 2.45) is 5.92 Å². The number of hydrogen-bond donors (Lipinski definition) is 1. The van der Waals surface area contributed by atoms with Crippen molar-refractivity contribution in [2.75, 3.05) is 7.11 Å². The van der Waals surface area contributed by atoms with E-state index in [1.54, 1.807) is 6.08 Å². The average molecular weight is 434 g/mol. The van der Waals surface area contributed by atoms with E-state index in [4.69, 9.17) is 9.47 Å². The highest BCUT2D eigenvalue weighted by Crippen LogP contribution is 2.34. The van der Waals surface area contributed by atoms with E-state index in [9.17, 15) is 27.9 Å². The number of aromatic hydroxyl groups is 1. The molecule has 0 fully saturated rings. The Morgan fingerprint density at radius 3 is 2.43 bits per heavy atom. The lowest BCUT2D eigenvalue weighted by Crippen LogP contribution is -2.34. The van der Waals surface area contributed by atoms with Crippen LogP contribution in [-0.4, -0.2) is 47.2 Å². The van der Waals surface area contributed by atoms with Crippen molar-refractivity contribution in [2.45, 2.75) is 38.5 Å². The van der Waals surface area contributed by atoms with E-state index in [0.717, 1.165) is 19.1 Å². The number of cyclic esters (lactones) is 1. The van der Waals surface area contributed by atoms with Gasteiger partial charge in [-0.05, 0) is 37.5 Å². The first-order chi connectivity index (χ1) is 13.1. The lowest BCUT2D eigenvalue weighted by Gasteiger charge is -2.24. The van der Waals surface area contributed by atoms with E-state index in [1.807, 2.05) is 0 Å². The van der Waals surface area contributed by atoms with Gasteiger partial charge in [0.05, 0.1) is 7.11 Å². The van der Waals surface area contributed by atoms with Gasteiger partial charge in [0.1, 0.15) is 29.1 Å². The van der Waals surface area contributed by atoms with Crippen LogP contribution in [0.2, 0.25) is 0 Å². The maximum Gasteiger partial charge on any atom is 0.398 e. The molecule has 1 aliphatic rings. The minimum atomic E-state index is -4.71. The summed E-state index contributed by atoms with van der Waals surface area (Å²) in [7, 11) is 1.38. The van der Waals surface area contributed by atoms with Crippen molar-refractivity contribution in [3.05, 3.63) is 41.5 Å². The number of phenolic OH excluding ortho intramolecular Hbond substituents is 1. The van der Waals surface area contributed by atoms with Crippen molar-refractivity contribution in [1.82, 2.24) is 0 Å². The summed E-state index contributed by atoms with van der Waals surface area (Å²) in [6.45, 7) is 1.09. The fraction of sp³-hybridized carbons (Fsp3) is 0.400. The van der Waals surface area contributed by atoms with Gasteiger partial charge < -0.3 is 25.5 Å². The third kappa shape index (κ3) is 6.89. The summed E-state index contributed by atoms with van der Waals surface area (Å²) in [5, 5.41) is 10.2. The number of halogens is 3. The second-order valence-electron chi connectivity index (χ2n) is 6.41. The van der Waals surface area contributed by atoms with Crippen LogP contribution in [0.15, 0.2) is 30.4 Å². The normalized spacial score (nSPS) is 22.3. The van der Waals surface area contributed by atoms with Crippen LogP contribution in [0.1, 0.15) is 42.1 Å². The number of benzene rings is 1. The van der Waals surface area contributed by atoms with Gasteiger partial charge in [-0.3, -0.25) is 4.79 Å². The van der Waals surface area contributed by atoms with Crippen LogP contribution < -0.4 is 4.74 Å². The largest absolute Gasteiger partial charge is 0.507 e. The van der Waals surface area contributed by atoms with E-state index in [-0.39, 0.29) is 34.2 Å². The molecule has 10 heteroatoms. The first kappa shape index (κ1) is 27.1. The van der Waals surface area contributed by atoms with E-state index in [2.05, 4.69) is 0 Å². The molecule has 0 bridgehead atoms. The number of ether oxygens (including phenoxy) is 2. The quantitative estimate of drug-likeness (QED) is 0.678. The van der Waals surface area contributed by atoms with Gasteiger partial charge in [0.15, 0.2) is 5.78 Å². The highest BCUT2D eigenvalue weighted by atomic mass is 19.4. The molecule has 0 saturated carbocycles. The van der Waals surface area contributed by atoms with Gasteiger partial charge in [0.2, 0.25) is 0 Å². The Labute approximate surface area is 171 Å². The van der Waals surface area contributed by atoms with Gasteiger partial charge in [0, 0.05) is 12.5 Å². The van der Waals surface area contributed by atoms with Gasteiger partial charge in [-0.2, -0.15) is 13.2 Å². The molecule has 168 valence electrons. The third-order valence-corrected chi connectivity index (χ3v) is 4.32. The van der Waals surface area contributed by atoms with E-state index < -0.39 is 35.7 Å². The number of fused-ring (bicyclic) bond motifs is 1. The first-order valence-electron chi connectivity index (χ1n) is 8.69. The third-order valence-electron chi connectivity index (χ3n) is 4.32. The Morgan fingerprint density at radius 2 is 1.83 bits per heavy atom. The van der Waals surface area contributed by atoms with Crippen LogP contribution in [0.25, 0.3) is 6.08 Å². The van der Waals surface area contributed by atoms with Gasteiger partial charge in [-0.15, -0.1) is 0 Å². The van der Waals surface area contributed by atoms with Crippen molar-refractivity contribution < 1.29 is 48.3 Å². The Balaban J connectivity index is 0.00000420. The van der Waals surface area contributed by atoms with Gasteiger partial charge in [-0.25, -0.2) is 4.79 Å². The Hall–Kier alpha value is -2.85. The molecule has 1 aliphatic heterocycles. The zero-order chi connectivity index (χ0) is 20.9. The molecule has 0 saturated heterocycles. The standard InChI is InChI=1S/C20H21F3O5.2H2O/c1-12-16(20(21,22)23)9-8-14(24)7-5-3-4-6-13-10-15(27-2)11-17(25)18(13)19(26)28-12;;/h4,6,8-12,16,25H,3,5,7H2,1-2H3;2*1H2/b6-4+,9-8-;;. The number of carbonyl (C=O) groups is 2. The lowest BCUT2D eigenvalue weighted by atomic mass is 9.99. The Bertz CT molecular complexity index is 800. The topological polar surface area (TPSA) is 136 Å². The summed E-state index contributed by atoms with van der Waals surface area (Å²) in [6, 6.07) is 2.65. The summed E-state index contributed by atoms with van der Waals surface area (Å²) in [5.41, 5.74) is -0.00141. The van der Waals surface area contributed by atoms with Crippen LogP contribution in [0.4, 0.5) is 13.2 Å². The molecule has 1 heterocycles. The molecule has 0 spiro atoms. The minimum Gasteiger partial charge on any atom is -0.507 e. The predicted molar refractivity (Wildman–Crippen MR) is 103 cm³/mol. The molecule has 2 atom stereocenters. The summed E-state index contributed by atoms with van der Waals surface area (Å²) in [6.07, 6.45) is -0.476. The van der Waals surface area contributed by atoms with E-state index in [1.165, 1.54) is 25.3 Å². The van der Waals surface area contributed by atoms with Crippen molar-refractivity contribution in [3.8, 4) is 11.5 Å². The minimum absolute atomic E-state index is 0. The van der Waals surface area contributed by atoms with Crippen LogP contribution >= 0.6 is 0 Å². The molecule has 2 rings (SSSR count). The zero-order valence-electron chi connectivity index (χ0n) is 16.5. The number of carbonyl (C=O) groups excluding carboxylic acids is 2. The number of ketones is 1. The summed E-state index contributed by atoms with van der Waals surface area (Å²) >= 11 is 0. The molecule has 0 amide bonds. The van der Waals surface area contributed by atoms with Crippen LogP contribution in [-0.2, 0) is 9.53 Å². The summed E-state index contributed by atoms with van der Waals surface area (Å²) < 4.78 is 50.1. The molecular formula is C20H25F3O7. The number of hydrogen-bond acceptors (Lipinski definition) is 5. The van der Waals surface area contributed by atoms with Gasteiger partial charge in [0.25, 0.3) is 0 Å². The number of alkyl halides is 3. The van der Waals surface area contributed by atoms with E-state index in [0.29, 0.717) is 12.8 Å². The van der Waals surface area contributed by atoms with Crippen LogP contribution in [0, 0.1) is 5.92 Å². The monoisotopic (exact) mass is 434 g/mol. The lowest BCUT2D eigenvalue weighted by molar-refractivity contribution is -0.182. The molecule has 2 unspecified atom stereocenters. The zero-order valence-corrected chi connectivity index (χ0v) is 16.5. The Morgan fingerprint density at radius 1 is 1.17 bits per heavy atom. The fourth-order valence-corrected chi connectivity index (χ4v) is 2.83. The molecule has 1 aromatic carbocycles. The summed E-state index contributed by atoms with van der Waals surface area (Å²) in [5.74, 6) is -3.87. The molecular weight excluding hydrogens is 409 g/mol. The van der Waals surface area contributed by atoms with Crippen molar-refractivity contribution >= 4 is 17.8 Å². The SMILES string of the molecule is COc1cc(O)c2c(c1)/C=C/CCCC(=O)/C=C\C(C(F)(F)F)C(C)OC2=O.O.O. The predicted octanol–water partition coefficient (Wildman–Crippen LogP) is 2.80. The van der Waals surface area contributed by atoms with Crippen LogP contribution in [0.5, 0.6) is 11.5 Å². The highest BCUT2D eigenvalue weighted by molar-refractivity contribution is 5.97. The molecule has 7 nitrogen and oxygen atoms in total. The molecule has 5 N–H and O–H groups in total. The number of rotatable bonds is 1. The Kier molecular flexibility index (Phi) is 10.3. The molecule has 0 aromatic heterocycles. The molecule has 0 radical (unpaired) electrons. The highest BCUT2D eigenvalue weighted by Gasteiger charge is 2.43. The smallest absolute Gasteiger partial charge is 0.398 e. The molecule has 1 aromatic rings. The second kappa shape index (κ2) is 11.4. The molecule has 30 heavy (non-hydrogen) atoms. The van der Waals surface area contributed by atoms with Gasteiger partial charge >= 0.3 is 12.1 Å². The number of esters is 1.